The Hall–Kier alpha value is -1.10. The van der Waals surface area contributed by atoms with Gasteiger partial charge in [0, 0.05) is 6.54 Å². The summed E-state index contributed by atoms with van der Waals surface area (Å²) in [6.45, 7) is 2.66. The van der Waals surface area contributed by atoms with Crippen LogP contribution in [0.4, 0.5) is 0 Å². The van der Waals surface area contributed by atoms with Crippen LogP contribution in [0.2, 0.25) is 0 Å². The fourth-order valence-electron chi connectivity index (χ4n) is 2.74. The molecule has 0 unspecified atom stereocenters. The largest absolute Gasteiger partial charge is 0.481 e. The molecule has 2 aliphatic heterocycles. The van der Waals surface area contributed by atoms with Gasteiger partial charge in [0.1, 0.15) is 5.92 Å². The monoisotopic (exact) mass is 226 g/mol. The van der Waals surface area contributed by atoms with E-state index in [0.717, 1.165) is 25.9 Å². The highest BCUT2D eigenvalue weighted by Crippen LogP contribution is 2.29. The standard InChI is InChI=1S/C11H18N2O3/c14-10-9(11(15)16)5-8(6-13-10)7-1-3-12-4-2-7/h7-9,12H,1-6H2,(H,13,14)(H,15,16)/t8-,9+/m0/s1. The minimum absolute atomic E-state index is 0.322. The molecule has 5 nitrogen and oxygen atoms in total. The van der Waals surface area contributed by atoms with Crippen LogP contribution in [0.25, 0.3) is 0 Å². The number of carbonyl (C=O) groups is 2. The second kappa shape index (κ2) is 4.82. The first-order valence-corrected chi connectivity index (χ1v) is 5.89. The van der Waals surface area contributed by atoms with Crippen molar-refractivity contribution in [3.05, 3.63) is 0 Å². The Morgan fingerprint density at radius 3 is 2.56 bits per heavy atom. The smallest absolute Gasteiger partial charge is 0.316 e. The van der Waals surface area contributed by atoms with Gasteiger partial charge in [0.25, 0.3) is 0 Å². The lowest BCUT2D eigenvalue weighted by Crippen LogP contribution is -2.48. The molecule has 0 aromatic carbocycles. The minimum atomic E-state index is -0.990. The zero-order chi connectivity index (χ0) is 11.5. The molecule has 3 N–H and O–H groups in total. The van der Waals surface area contributed by atoms with Gasteiger partial charge in [-0.2, -0.15) is 0 Å². The van der Waals surface area contributed by atoms with E-state index < -0.39 is 11.9 Å². The Bertz CT molecular complexity index is 287. The van der Waals surface area contributed by atoms with E-state index in [1.54, 1.807) is 0 Å². The highest BCUT2D eigenvalue weighted by atomic mass is 16.4. The van der Waals surface area contributed by atoms with Crippen LogP contribution in [0, 0.1) is 17.8 Å². The lowest BCUT2D eigenvalue weighted by atomic mass is 9.77. The molecule has 0 aromatic rings. The van der Waals surface area contributed by atoms with Gasteiger partial charge >= 0.3 is 5.97 Å². The Balaban J connectivity index is 1.96. The van der Waals surface area contributed by atoms with Crippen molar-refractivity contribution >= 4 is 11.9 Å². The topological polar surface area (TPSA) is 78.4 Å². The van der Waals surface area contributed by atoms with Gasteiger partial charge in [-0.15, -0.1) is 0 Å². The van der Waals surface area contributed by atoms with Crippen LogP contribution in [-0.2, 0) is 9.59 Å². The predicted octanol–water partition coefficient (Wildman–Crippen LogP) is -0.177. The SMILES string of the molecule is O=C(O)[C@@H]1C[C@H](C2CCNCC2)CNC1=O. The molecular weight excluding hydrogens is 208 g/mol. The summed E-state index contributed by atoms with van der Waals surface area (Å²) in [5.41, 5.74) is 0. The summed E-state index contributed by atoms with van der Waals surface area (Å²) in [7, 11) is 0. The van der Waals surface area contributed by atoms with Crippen LogP contribution >= 0.6 is 0 Å². The van der Waals surface area contributed by atoms with Crippen molar-refractivity contribution in [1.29, 1.82) is 0 Å². The van der Waals surface area contributed by atoms with E-state index in [2.05, 4.69) is 10.6 Å². The van der Waals surface area contributed by atoms with E-state index in [0.29, 0.717) is 24.8 Å². The molecule has 16 heavy (non-hydrogen) atoms. The Morgan fingerprint density at radius 1 is 1.25 bits per heavy atom. The first-order chi connectivity index (χ1) is 7.68. The number of carboxylic acids is 1. The highest BCUT2D eigenvalue weighted by Gasteiger charge is 2.37. The van der Waals surface area contributed by atoms with E-state index in [9.17, 15) is 9.59 Å². The fraction of sp³-hybridized carbons (Fsp3) is 0.818. The molecule has 1 amide bonds. The van der Waals surface area contributed by atoms with Gasteiger partial charge in [-0.1, -0.05) is 0 Å². The molecular formula is C11H18N2O3. The zero-order valence-electron chi connectivity index (χ0n) is 9.24. The number of piperidine rings is 2. The number of hydrogen-bond acceptors (Lipinski definition) is 3. The lowest BCUT2D eigenvalue weighted by molar-refractivity contribution is -0.149. The molecule has 5 heteroatoms. The molecule has 2 rings (SSSR count). The highest BCUT2D eigenvalue weighted by molar-refractivity contribution is 5.97. The Labute approximate surface area is 94.6 Å². The summed E-state index contributed by atoms with van der Waals surface area (Å²) >= 11 is 0. The van der Waals surface area contributed by atoms with E-state index in [1.807, 2.05) is 0 Å². The first-order valence-electron chi connectivity index (χ1n) is 5.89. The first kappa shape index (κ1) is 11.4. The van der Waals surface area contributed by atoms with Gasteiger partial charge < -0.3 is 15.7 Å². The molecule has 2 heterocycles. The molecule has 2 aliphatic rings. The van der Waals surface area contributed by atoms with Crippen LogP contribution in [0.3, 0.4) is 0 Å². The van der Waals surface area contributed by atoms with Crippen LogP contribution in [0.5, 0.6) is 0 Å². The lowest BCUT2D eigenvalue weighted by Gasteiger charge is -2.35. The van der Waals surface area contributed by atoms with Crippen LogP contribution < -0.4 is 10.6 Å². The number of rotatable bonds is 2. The number of carbonyl (C=O) groups excluding carboxylic acids is 1. The number of amides is 1. The molecule has 0 spiro atoms. The maximum Gasteiger partial charge on any atom is 0.316 e. The van der Waals surface area contributed by atoms with Gasteiger partial charge in [-0.3, -0.25) is 9.59 Å². The van der Waals surface area contributed by atoms with Crippen LogP contribution in [0.1, 0.15) is 19.3 Å². The molecule has 2 saturated heterocycles. The Morgan fingerprint density at radius 2 is 1.94 bits per heavy atom. The summed E-state index contributed by atoms with van der Waals surface area (Å²) in [5.74, 6) is -1.26. The maximum atomic E-state index is 11.4. The second-order valence-corrected chi connectivity index (χ2v) is 4.72. The molecule has 0 radical (unpaired) electrons. The fourth-order valence-corrected chi connectivity index (χ4v) is 2.74. The van der Waals surface area contributed by atoms with Crippen molar-refractivity contribution in [2.45, 2.75) is 19.3 Å². The number of aliphatic carboxylic acids is 1. The zero-order valence-corrected chi connectivity index (χ0v) is 9.24. The van der Waals surface area contributed by atoms with Gasteiger partial charge in [-0.25, -0.2) is 0 Å². The summed E-state index contributed by atoms with van der Waals surface area (Å²) in [6.07, 6.45) is 2.69. The van der Waals surface area contributed by atoms with Crippen molar-refractivity contribution in [2.24, 2.45) is 17.8 Å². The maximum absolute atomic E-state index is 11.4. The van der Waals surface area contributed by atoms with Gasteiger partial charge in [0.05, 0.1) is 0 Å². The average molecular weight is 226 g/mol. The number of hydrogen-bond donors (Lipinski definition) is 3. The van der Waals surface area contributed by atoms with Gasteiger partial charge in [0.2, 0.25) is 5.91 Å². The van der Waals surface area contributed by atoms with Gasteiger partial charge in [0.15, 0.2) is 0 Å². The normalized spacial score (nSPS) is 32.1. The summed E-state index contributed by atoms with van der Waals surface area (Å²) in [4.78, 5) is 22.3. The minimum Gasteiger partial charge on any atom is -0.481 e. The predicted molar refractivity (Wildman–Crippen MR) is 57.8 cm³/mol. The van der Waals surface area contributed by atoms with Crippen molar-refractivity contribution in [3.8, 4) is 0 Å². The molecule has 90 valence electrons. The van der Waals surface area contributed by atoms with Crippen LogP contribution in [0.15, 0.2) is 0 Å². The van der Waals surface area contributed by atoms with Crippen molar-refractivity contribution in [2.75, 3.05) is 19.6 Å². The number of nitrogens with one attached hydrogen (secondary N) is 2. The third-order valence-corrected chi connectivity index (χ3v) is 3.74. The quantitative estimate of drug-likeness (QED) is 0.571. The van der Waals surface area contributed by atoms with Crippen molar-refractivity contribution < 1.29 is 14.7 Å². The van der Waals surface area contributed by atoms with Crippen molar-refractivity contribution in [1.82, 2.24) is 10.6 Å². The molecule has 2 fully saturated rings. The molecule has 2 atom stereocenters. The summed E-state index contributed by atoms with van der Waals surface area (Å²) < 4.78 is 0. The van der Waals surface area contributed by atoms with E-state index >= 15 is 0 Å². The third kappa shape index (κ3) is 2.35. The molecule has 0 aromatic heterocycles. The second-order valence-electron chi connectivity index (χ2n) is 4.72. The van der Waals surface area contributed by atoms with Crippen LogP contribution in [-0.4, -0.2) is 36.6 Å². The Kier molecular flexibility index (Phi) is 3.43. The number of carboxylic acid groups (broad SMARTS) is 1. The van der Waals surface area contributed by atoms with Crippen molar-refractivity contribution in [3.63, 3.8) is 0 Å². The molecule has 0 aliphatic carbocycles. The third-order valence-electron chi connectivity index (χ3n) is 3.74. The molecule has 0 saturated carbocycles. The summed E-state index contributed by atoms with van der Waals surface area (Å²) in [6, 6.07) is 0. The molecule has 0 bridgehead atoms. The van der Waals surface area contributed by atoms with E-state index in [4.69, 9.17) is 5.11 Å². The average Bonchev–Trinajstić information content (AvgIpc) is 2.30. The van der Waals surface area contributed by atoms with Gasteiger partial charge in [-0.05, 0) is 44.2 Å². The van der Waals surface area contributed by atoms with E-state index in [-0.39, 0.29) is 5.91 Å². The summed E-state index contributed by atoms with van der Waals surface area (Å²) in [5, 5.41) is 15.0. The van der Waals surface area contributed by atoms with E-state index in [1.165, 1.54) is 0 Å².